The van der Waals surface area contributed by atoms with Gasteiger partial charge in [0, 0.05) is 33.1 Å². The number of ether oxygens (including phenoxy) is 1. The molecule has 3 aliphatic carbocycles. The molecule has 0 saturated heterocycles. The smallest absolute Gasteiger partial charge is 0.303 e. The van der Waals surface area contributed by atoms with Crippen molar-refractivity contribution in [3.63, 3.8) is 0 Å². The number of carbonyl (C=O) groups is 2. The molecule has 0 aliphatic heterocycles. The lowest BCUT2D eigenvalue weighted by molar-refractivity contribution is -0.240. The topological polar surface area (TPSA) is 55.4 Å². The Bertz CT molecular complexity index is 239. The van der Waals surface area contributed by atoms with Crippen LogP contribution in [0.15, 0.2) is 0 Å². The molecule has 3 aliphatic rings. The van der Waals surface area contributed by atoms with Gasteiger partial charge < -0.3 is 10.1 Å². The molecule has 3 fully saturated rings. The van der Waals surface area contributed by atoms with Crippen LogP contribution >= 0.6 is 0 Å². The zero-order valence-corrected chi connectivity index (χ0v) is 7.85. The quantitative estimate of drug-likeness (QED) is 0.629. The van der Waals surface area contributed by atoms with Crippen molar-refractivity contribution in [2.45, 2.75) is 44.2 Å². The summed E-state index contributed by atoms with van der Waals surface area (Å²) >= 11 is 0. The molecule has 4 nitrogen and oxygen atoms in total. The van der Waals surface area contributed by atoms with Crippen molar-refractivity contribution in [2.75, 3.05) is 0 Å². The minimum absolute atomic E-state index is 0.00359. The highest BCUT2D eigenvalue weighted by molar-refractivity contribution is 5.75. The highest BCUT2D eigenvalue weighted by atomic mass is 16.6. The van der Waals surface area contributed by atoms with Crippen molar-refractivity contribution < 1.29 is 14.3 Å². The normalized spacial score (nSPS) is 39.8. The molecule has 2 bridgehead atoms. The molecule has 3 rings (SSSR count). The predicted molar refractivity (Wildman–Crippen MR) is 44.9 cm³/mol. The summed E-state index contributed by atoms with van der Waals surface area (Å²) in [4.78, 5) is 21.5. The van der Waals surface area contributed by atoms with E-state index >= 15 is 0 Å². The first-order valence-electron chi connectivity index (χ1n) is 4.44. The molecular weight excluding hydrogens is 170 g/mol. The van der Waals surface area contributed by atoms with Crippen molar-refractivity contribution in [1.82, 2.24) is 5.32 Å². The Hall–Kier alpha value is -1.06. The minimum atomic E-state index is -0.228. The molecule has 4 heteroatoms. The second kappa shape index (κ2) is 2.25. The molecule has 0 aromatic heterocycles. The van der Waals surface area contributed by atoms with Gasteiger partial charge in [-0.15, -0.1) is 0 Å². The largest absolute Gasteiger partial charge is 0.459 e. The summed E-state index contributed by atoms with van der Waals surface area (Å²) < 4.78 is 5.16. The lowest BCUT2D eigenvalue weighted by atomic mass is 9.46. The van der Waals surface area contributed by atoms with E-state index < -0.39 is 0 Å². The summed E-state index contributed by atoms with van der Waals surface area (Å²) in [6.45, 7) is 2.93. The number of nitrogens with one attached hydrogen (secondary N) is 1. The maximum atomic E-state index is 10.8. The molecule has 0 atom stereocenters. The molecule has 0 unspecified atom stereocenters. The third-order valence-corrected chi connectivity index (χ3v) is 2.78. The van der Waals surface area contributed by atoms with Crippen molar-refractivity contribution in [3.8, 4) is 0 Å². The van der Waals surface area contributed by atoms with Crippen LogP contribution in [0, 0.1) is 0 Å². The van der Waals surface area contributed by atoms with Gasteiger partial charge in [-0.3, -0.25) is 9.59 Å². The monoisotopic (exact) mass is 183 g/mol. The molecule has 72 valence electrons. The standard InChI is InChI=1S/C9H13NO3/c1-6(11)10-8-3-9(4-8,5-8)13-7(2)12/h3-5H2,1-2H3,(H,10,11). The maximum absolute atomic E-state index is 10.8. The van der Waals surface area contributed by atoms with E-state index in [1.54, 1.807) is 0 Å². The van der Waals surface area contributed by atoms with E-state index in [4.69, 9.17) is 4.74 Å². The number of carbonyl (C=O) groups excluding carboxylic acids is 2. The van der Waals surface area contributed by atoms with E-state index in [0.29, 0.717) is 0 Å². The zero-order chi connectivity index (χ0) is 9.69. The Balaban J connectivity index is 1.86. The predicted octanol–water partition coefficient (Wildman–Crippen LogP) is 0.361. The lowest BCUT2D eigenvalue weighted by Gasteiger charge is -2.68. The van der Waals surface area contributed by atoms with Gasteiger partial charge in [-0.25, -0.2) is 0 Å². The molecule has 0 radical (unpaired) electrons. The summed E-state index contributed by atoms with van der Waals surface area (Å²) in [6.07, 6.45) is 2.37. The Kier molecular flexibility index (Phi) is 1.47. The van der Waals surface area contributed by atoms with E-state index in [0.717, 1.165) is 19.3 Å². The van der Waals surface area contributed by atoms with Crippen molar-refractivity contribution in [1.29, 1.82) is 0 Å². The molecule has 3 saturated carbocycles. The number of hydrogen-bond donors (Lipinski definition) is 1. The minimum Gasteiger partial charge on any atom is -0.459 e. The fourth-order valence-electron chi connectivity index (χ4n) is 2.61. The molecule has 0 aromatic rings. The highest BCUT2D eigenvalue weighted by Gasteiger charge is 2.71. The van der Waals surface area contributed by atoms with Gasteiger partial charge in [0.2, 0.25) is 5.91 Å². The third-order valence-electron chi connectivity index (χ3n) is 2.78. The van der Waals surface area contributed by atoms with Gasteiger partial charge in [-0.05, 0) is 0 Å². The highest BCUT2D eigenvalue weighted by Crippen LogP contribution is 2.62. The molecule has 1 N–H and O–H groups in total. The average molecular weight is 183 g/mol. The van der Waals surface area contributed by atoms with E-state index in [9.17, 15) is 9.59 Å². The molecule has 0 heterocycles. The van der Waals surface area contributed by atoms with Gasteiger partial charge >= 0.3 is 5.97 Å². The summed E-state index contributed by atoms with van der Waals surface area (Å²) in [7, 11) is 0. The van der Waals surface area contributed by atoms with E-state index in [2.05, 4.69) is 5.32 Å². The molecule has 0 aromatic carbocycles. The van der Waals surface area contributed by atoms with Crippen LogP contribution in [-0.2, 0) is 14.3 Å². The van der Waals surface area contributed by atoms with Crippen LogP contribution in [0.5, 0.6) is 0 Å². The third kappa shape index (κ3) is 1.20. The maximum Gasteiger partial charge on any atom is 0.303 e. The Morgan fingerprint density at radius 3 is 2.15 bits per heavy atom. The van der Waals surface area contributed by atoms with Crippen LogP contribution in [-0.4, -0.2) is 23.0 Å². The van der Waals surface area contributed by atoms with Gasteiger partial charge in [0.25, 0.3) is 0 Å². The molecular formula is C9H13NO3. The summed E-state index contributed by atoms with van der Waals surface area (Å²) in [5.74, 6) is -0.229. The first kappa shape index (κ1) is 8.53. The lowest BCUT2D eigenvalue weighted by Crippen LogP contribution is -2.79. The van der Waals surface area contributed by atoms with Crippen molar-refractivity contribution >= 4 is 11.9 Å². The van der Waals surface area contributed by atoms with Gasteiger partial charge in [0.1, 0.15) is 5.60 Å². The zero-order valence-electron chi connectivity index (χ0n) is 7.85. The second-order valence-corrected chi connectivity index (χ2v) is 4.27. The van der Waals surface area contributed by atoms with Gasteiger partial charge in [0.05, 0.1) is 5.54 Å². The fraction of sp³-hybridized carbons (Fsp3) is 0.778. The Labute approximate surface area is 76.6 Å². The van der Waals surface area contributed by atoms with Crippen molar-refractivity contribution in [3.05, 3.63) is 0 Å². The SMILES string of the molecule is CC(=O)NC12CC(OC(C)=O)(C1)C2. The summed E-state index contributed by atoms with van der Waals surface area (Å²) in [5, 5.41) is 2.89. The van der Waals surface area contributed by atoms with Crippen LogP contribution < -0.4 is 5.32 Å². The van der Waals surface area contributed by atoms with Gasteiger partial charge in [0.15, 0.2) is 0 Å². The molecule has 1 amide bonds. The number of hydrogen-bond acceptors (Lipinski definition) is 3. The van der Waals surface area contributed by atoms with Crippen LogP contribution in [0.1, 0.15) is 33.1 Å². The van der Waals surface area contributed by atoms with Gasteiger partial charge in [-0.2, -0.15) is 0 Å². The van der Waals surface area contributed by atoms with Crippen LogP contribution in [0.2, 0.25) is 0 Å². The number of esters is 1. The Morgan fingerprint density at radius 2 is 1.77 bits per heavy atom. The van der Waals surface area contributed by atoms with E-state index in [1.807, 2.05) is 0 Å². The number of rotatable bonds is 2. The molecule has 0 spiro atoms. The first-order valence-corrected chi connectivity index (χ1v) is 4.44. The van der Waals surface area contributed by atoms with E-state index in [-0.39, 0.29) is 23.0 Å². The Morgan fingerprint density at radius 1 is 1.23 bits per heavy atom. The molecule has 13 heavy (non-hydrogen) atoms. The first-order chi connectivity index (χ1) is 5.95. The van der Waals surface area contributed by atoms with Crippen LogP contribution in [0.4, 0.5) is 0 Å². The van der Waals surface area contributed by atoms with Crippen LogP contribution in [0.25, 0.3) is 0 Å². The summed E-state index contributed by atoms with van der Waals surface area (Å²) in [5.41, 5.74) is -0.268. The van der Waals surface area contributed by atoms with Gasteiger partial charge in [-0.1, -0.05) is 0 Å². The van der Waals surface area contributed by atoms with Crippen LogP contribution in [0.3, 0.4) is 0 Å². The van der Waals surface area contributed by atoms with E-state index in [1.165, 1.54) is 13.8 Å². The second-order valence-electron chi connectivity index (χ2n) is 4.27. The fourth-order valence-corrected chi connectivity index (χ4v) is 2.61. The average Bonchev–Trinajstić information content (AvgIpc) is 1.77. The summed E-state index contributed by atoms with van der Waals surface area (Å²) in [6, 6.07) is 0. The van der Waals surface area contributed by atoms with Crippen molar-refractivity contribution in [2.24, 2.45) is 0 Å². The number of amides is 1.